The Kier molecular flexibility index (Phi) is 7.02. The molecule has 48 heavy (non-hydrogen) atoms. The van der Waals surface area contributed by atoms with Crippen LogP contribution in [0.25, 0.3) is 11.1 Å². The van der Waals surface area contributed by atoms with Crippen molar-refractivity contribution in [3.63, 3.8) is 0 Å². The first-order chi connectivity index (χ1) is 23.5. The van der Waals surface area contributed by atoms with Gasteiger partial charge >= 0.3 is 0 Å². The van der Waals surface area contributed by atoms with Crippen molar-refractivity contribution in [3.8, 4) is 22.8 Å². The quantitative estimate of drug-likeness (QED) is 0.292. The van der Waals surface area contributed by atoms with Gasteiger partial charge in [0.15, 0.2) is 5.82 Å². The summed E-state index contributed by atoms with van der Waals surface area (Å²) in [5, 5.41) is 8.50. The van der Waals surface area contributed by atoms with Crippen LogP contribution in [0.4, 0.5) is 10.2 Å². The van der Waals surface area contributed by atoms with Crippen molar-refractivity contribution < 1.29 is 13.9 Å². The monoisotopic (exact) mass is 652 g/mol. The number of nitrogens with zero attached hydrogens (tertiary/aromatic N) is 8. The van der Waals surface area contributed by atoms with Gasteiger partial charge in [-0.3, -0.25) is 4.90 Å². The van der Waals surface area contributed by atoms with E-state index in [0.29, 0.717) is 34.3 Å². The topological polar surface area (TPSA) is 92.6 Å². The first kappa shape index (κ1) is 29.6. The summed E-state index contributed by atoms with van der Waals surface area (Å²) in [5.74, 6) is 4.20. The van der Waals surface area contributed by atoms with Gasteiger partial charge in [-0.1, -0.05) is 0 Å². The summed E-state index contributed by atoms with van der Waals surface area (Å²) in [6.07, 6.45) is 15.2. The minimum absolute atomic E-state index is 0.274. The SMILES string of the molecule is Fc1ccc(Oc2nncnc2N2CCC3(C2)CN([C@H](C2CCN(CC4COC4)CC2)C24CC(C2)C4)C3)c(-c2cncnc2C2CC2)c1. The van der Waals surface area contributed by atoms with Gasteiger partial charge in [-0.25, -0.2) is 19.3 Å². The van der Waals surface area contributed by atoms with Crippen LogP contribution in [0, 0.1) is 34.4 Å². The van der Waals surface area contributed by atoms with Gasteiger partial charge in [-0.15, -0.1) is 10.2 Å². The number of hydrogen-bond donors (Lipinski definition) is 0. The zero-order valence-corrected chi connectivity index (χ0v) is 27.6. The normalized spacial score (nSPS) is 29.2. The Hall–Kier alpha value is -3.28. The molecule has 1 atom stereocenters. The molecule has 11 heteroatoms. The highest BCUT2D eigenvalue weighted by molar-refractivity contribution is 5.73. The van der Waals surface area contributed by atoms with E-state index in [1.165, 1.54) is 83.3 Å². The molecule has 1 aromatic carbocycles. The van der Waals surface area contributed by atoms with Crippen LogP contribution in [0.2, 0.25) is 0 Å². The van der Waals surface area contributed by atoms with Crippen LogP contribution >= 0.6 is 0 Å². The first-order valence-corrected chi connectivity index (χ1v) is 18.3. The minimum atomic E-state index is -0.331. The van der Waals surface area contributed by atoms with Crippen molar-refractivity contribution in [3.05, 3.63) is 48.6 Å². The Morgan fingerprint density at radius 2 is 1.79 bits per heavy atom. The second kappa shape index (κ2) is 11.4. The molecule has 4 aliphatic heterocycles. The van der Waals surface area contributed by atoms with Crippen LogP contribution in [0.5, 0.6) is 11.6 Å². The predicted molar refractivity (Wildman–Crippen MR) is 177 cm³/mol. The van der Waals surface area contributed by atoms with Crippen molar-refractivity contribution in [1.29, 1.82) is 0 Å². The summed E-state index contributed by atoms with van der Waals surface area (Å²) < 4.78 is 26.5. The second-order valence-electron chi connectivity index (χ2n) is 16.3. The number of hydrogen-bond acceptors (Lipinski definition) is 10. The van der Waals surface area contributed by atoms with Crippen LogP contribution in [0.15, 0.2) is 37.1 Å². The lowest BCUT2D eigenvalue weighted by Gasteiger charge is -2.71. The van der Waals surface area contributed by atoms with Crippen molar-refractivity contribution in [2.24, 2.45) is 28.6 Å². The molecule has 1 spiro atoms. The Labute approximate surface area is 281 Å². The first-order valence-electron chi connectivity index (χ1n) is 18.3. The summed E-state index contributed by atoms with van der Waals surface area (Å²) in [5.41, 5.74) is 3.24. The standard InChI is InChI=1S/C37H45FN8O2/c38-28-3-4-31(29(11-28)30-15-39-22-40-32(30)26-1-2-26)48-35-34(41-23-42-43-35)45-10-7-36(19-45)20-46(21-36)33(37-12-24(13-37)14-37)27-5-8-44(9-6-27)16-25-17-47-18-25/h3-4,11,15,22-27,33H,1-2,5-10,12-14,16-21H2/t24?,33-,37?/m1/s1. The van der Waals surface area contributed by atoms with E-state index in [4.69, 9.17) is 14.5 Å². The van der Waals surface area contributed by atoms with Gasteiger partial charge < -0.3 is 19.3 Å². The van der Waals surface area contributed by atoms with Gasteiger partial charge in [-0.2, -0.15) is 0 Å². The van der Waals surface area contributed by atoms with Crippen LogP contribution in [-0.2, 0) is 4.74 Å². The van der Waals surface area contributed by atoms with Gasteiger partial charge in [0, 0.05) is 73.3 Å². The fourth-order valence-corrected chi connectivity index (χ4v) is 10.4. The van der Waals surface area contributed by atoms with E-state index < -0.39 is 0 Å². The molecule has 8 aliphatic rings. The van der Waals surface area contributed by atoms with E-state index in [0.717, 1.165) is 80.6 Å². The Bertz CT molecular complexity index is 1670. The van der Waals surface area contributed by atoms with Crippen molar-refractivity contribution in [2.75, 3.05) is 63.9 Å². The molecule has 4 saturated carbocycles. The number of halogens is 1. The minimum Gasteiger partial charge on any atom is -0.434 e. The molecule has 3 aromatic rings. The van der Waals surface area contributed by atoms with E-state index in [2.05, 4.69) is 34.9 Å². The van der Waals surface area contributed by atoms with Crippen molar-refractivity contribution in [1.82, 2.24) is 34.9 Å². The molecule has 252 valence electrons. The highest BCUT2D eigenvalue weighted by Crippen LogP contribution is 2.69. The van der Waals surface area contributed by atoms with Crippen LogP contribution in [-0.4, -0.2) is 100 Å². The molecule has 11 rings (SSSR count). The maximum atomic E-state index is 14.6. The third-order valence-corrected chi connectivity index (χ3v) is 12.9. The van der Waals surface area contributed by atoms with Crippen LogP contribution < -0.4 is 9.64 Å². The fraction of sp³-hybridized carbons (Fsp3) is 0.649. The molecule has 6 heterocycles. The largest absolute Gasteiger partial charge is 0.434 e. The Morgan fingerprint density at radius 3 is 2.52 bits per heavy atom. The number of aromatic nitrogens is 5. The second-order valence-corrected chi connectivity index (χ2v) is 16.3. The number of piperidine rings is 1. The van der Waals surface area contributed by atoms with Gasteiger partial charge in [0.05, 0.1) is 18.9 Å². The van der Waals surface area contributed by atoms with Gasteiger partial charge in [0.25, 0.3) is 5.88 Å². The zero-order valence-electron chi connectivity index (χ0n) is 27.6. The molecule has 0 radical (unpaired) electrons. The van der Waals surface area contributed by atoms with Crippen molar-refractivity contribution in [2.45, 2.75) is 63.3 Å². The summed E-state index contributed by atoms with van der Waals surface area (Å²) in [7, 11) is 0. The highest BCUT2D eigenvalue weighted by Gasteiger charge is 2.65. The average Bonchev–Trinajstić information content (AvgIpc) is 3.79. The van der Waals surface area contributed by atoms with E-state index in [1.807, 2.05) is 0 Å². The summed E-state index contributed by atoms with van der Waals surface area (Å²) in [6.45, 7) is 9.85. The molecule has 0 amide bonds. The van der Waals surface area contributed by atoms with Crippen molar-refractivity contribution >= 4 is 5.82 Å². The Morgan fingerprint density at radius 1 is 0.958 bits per heavy atom. The summed E-state index contributed by atoms with van der Waals surface area (Å²) in [6, 6.07) is 5.34. The van der Waals surface area contributed by atoms with Crippen LogP contribution in [0.3, 0.4) is 0 Å². The third kappa shape index (κ3) is 5.10. The van der Waals surface area contributed by atoms with E-state index in [9.17, 15) is 4.39 Å². The smallest absolute Gasteiger partial charge is 0.282 e. The number of likely N-dealkylation sites (tertiary alicyclic amines) is 2. The molecule has 8 fully saturated rings. The molecular weight excluding hydrogens is 607 g/mol. The summed E-state index contributed by atoms with van der Waals surface area (Å²) in [4.78, 5) is 21.5. The predicted octanol–water partition coefficient (Wildman–Crippen LogP) is 5.18. The molecule has 0 unspecified atom stereocenters. The highest BCUT2D eigenvalue weighted by atomic mass is 19.1. The molecule has 10 nitrogen and oxygen atoms in total. The number of benzene rings is 1. The fourth-order valence-electron chi connectivity index (χ4n) is 10.4. The van der Waals surface area contributed by atoms with E-state index in [-0.39, 0.29) is 11.2 Å². The average molecular weight is 653 g/mol. The van der Waals surface area contributed by atoms with E-state index >= 15 is 0 Å². The molecule has 2 bridgehead atoms. The van der Waals surface area contributed by atoms with Gasteiger partial charge in [0.1, 0.15) is 24.2 Å². The van der Waals surface area contributed by atoms with Gasteiger partial charge in [0.2, 0.25) is 0 Å². The maximum absolute atomic E-state index is 14.6. The Balaban J connectivity index is 0.841. The number of rotatable bonds is 10. The molecular formula is C37H45FN8O2. The van der Waals surface area contributed by atoms with Gasteiger partial charge in [-0.05, 0) is 99.9 Å². The number of ether oxygens (including phenoxy) is 2. The molecule has 0 N–H and O–H groups in total. The lowest BCUT2D eigenvalue weighted by molar-refractivity contribution is -0.209. The zero-order chi connectivity index (χ0) is 31.9. The van der Waals surface area contributed by atoms with Crippen LogP contribution in [0.1, 0.15) is 63.0 Å². The molecule has 4 aliphatic carbocycles. The maximum Gasteiger partial charge on any atom is 0.282 e. The lowest BCUT2D eigenvalue weighted by atomic mass is 9.39. The molecule has 4 saturated heterocycles. The number of anilines is 1. The summed E-state index contributed by atoms with van der Waals surface area (Å²) >= 11 is 0. The molecule has 2 aromatic heterocycles. The lowest BCUT2D eigenvalue weighted by Crippen LogP contribution is -2.72. The van der Waals surface area contributed by atoms with E-state index in [1.54, 1.807) is 18.6 Å². The third-order valence-electron chi connectivity index (χ3n) is 12.9.